The maximum absolute atomic E-state index is 12.3. The molecule has 1 aromatic carbocycles. The summed E-state index contributed by atoms with van der Waals surface area (Å²) in [5.74, 6) is 0.624. The zero-order valence-corrected chi connectivity index (χ0v) is 14.7. The molecule has 21 heavy (non-hydrogen) atoms. The van der Waals surface area contributed by atoms with Crippen LogP contribution in [0, 0.1) is 5.92 Å². The van der Waals surface area contributed by atoms with Gasteiger partial charge in [0.25, 0.3) is 0 Å². The van der Waals surface area contributed by atoms with Crippen LogP contribution in [-0.4, -0.2) is 15.0 Å². The summed E-state index contributed by atoms with van der Waals surface area (Å²) >= 11 is 12.0. The van der Waals surface area contributed by atoms with E-state index in [9.17, 15) is 8.42 Å². The highest BCUT2D eigenvalue weighted by molar-refractivity contribution is 7.89. The van der Waals surface area contributed by atoms with Crippen molar-refractivity contribution in [3.63, 3.8) is 0 Å². The third kappa shape index (κ3) is 5.42. The normalized spacial score (nSPS) is 12.1. The molecule has 1 aromatic rings. The van der Waals surface area contributed by atoms with Gasteiger partial charge in [0.15, 0.2) is 0 Å². The molecule has 0 atom stereocenters. The maximum atomic E-state index is 12.3. The summed E-state index contributed by atoms with van der Waals surface area (Å²) in [6, 6.07) is 2.91. The van der Waals surface area contributed by atoms with E-state index in [1.54, 1.807) is 0 Å². The van der Waals surface area contributed by atoms with E-state index in [0.717, 1.165) is 19.3 Å². The predicted octanol–water partition coefficient (Wildman–Crippen LogP) is 3.56. The lowest BCUT2D eigenvalue weighted by Crippen LogP contribution is -2.25. The molecule has 0 heterocycles. The van der Waals surface area contributed by atoms with Gasteiger partial charge < -0.3 is 5.73 Å². The average Bonchev–Trinajstić information content (AvgIpc) is 2.38. The monoisotopic (exact) mass is 352 g/mol. The highest BCUT2D eigenvalue weighted by Gasteiger charge is 2.20. The summed E-state index contributed by atoms with van der Waals surface area (Å²) < 4.78 is 27.1. The van der Waals surface area contributed by atoms with Crippen LogP contribution < -0.4 is 10.5 Å². The van der Waals surface area contributed by atoms with Crippen molar-refractivity contribution in [2.24, 2.45) is 11.7 Å². The molecule has 0 unspecified atom stereocenters. The first-order chi connectivity index (χ1) is 9.79. The van der Waals surface area contributed by atoms with Crippen LogP contribution in [0.2, 0.25) is 10.0 Å². The molecule has 0 radical (unpaired) electrons. The van der Waals surface area contributed by atoms with Crippen LogP contribution in [-0.2, 0) is 16.6 Å². The zero-order chi connectivity index (χ0) is 16.0. The first-order valence-corrected chi connectivity index (χ1v) is 9.20. The van der Waals surface area contributed by atoms with E-state index in [2.05, 4.69) is 18.6 Å². The minimum Gasteiger partial charge on any atom is -0.326 e. The topological polar surface area (TPSA) is 72.2 Å². The fourth-order valence-corrected chi connectivity index (χ4v) is 3.94. The molecule has 7 heteroatoms. The van der Waals surface area contributed by atoms with Crippen molar-refractivity contribution < 1.29 is 8.42 Å². The van der Waals surface area contributed by atoms with Crippen molar-refractivity contribution in [2.45, 2.75) is 44.6 Å². The van der Waals surface area contributed by atoms with Gasteiger partial charge in [-0.25, -0.2) is 13.1 Å². The molecular weight excluding hydrogens is 331 g/mol. The Bertz CT molecular complexity index is 575. The fraction of sp³-hybridized carbons (Fsp3) is 0.571. The number of nitrogens with two attached hydrogens (primary N) is 1. The van der Waals surface area contributed by atoms with Crippen LogP contribution in [0.4, 0.5) is 0 Å². The molecule has 0 saturated carbocycles. The molecule has 0 bridgehead atoms. The first-order valence-electron chi connectivity index (χ1n) is 6.96. The van der Waals surface area contributed by atoms with Gasteiger partial charge >= 0.3 is 0 Å². The number of hydrogen-bond donors (Lipinski definition) is 2. The predicted molar refractivity (Wildman–Crippen MR) is 88.2 cm³/mol. The third-order valence-electron chi connectivity index (χ3n) is 3.14. The van der Waals surface area contributed by atoms with Gasteiger partial charge in [0.1, 0.15) is 4.90 Å². The molecule has 0 aliphatic carbocycles. The van der Waals surface area contributed by atoms with Gasteiger partial charge in [0, 0.05) is 23.7 Å². The first kappa shape index (κ1) is 18.7. The molecule has 0 spiro atoms. The smallest absolute Gasteiger partial charge is 0.242 e. The quantitative estimate of drug-likeness (QED) is 0.702. The lowest BCUT2D eigenvalue weighted by atomic mass is 10.1. The van der Waals surface area contributed by atoms with Gasteiger partial charge in [0.2, 0.25) is 10.0 Å². The van der Waals surface area contributed by atoms with Crippen molar-refractivity contribution in [2.75, 3.05) is 6.54 Å². The molecule has 4 nitrogen and oxygen atoms in total. The van der Waals surface area contributed by atoms with Gasteiger partial charge in [0.05, 0.1) is 5.02 Å². The van der Waals surface area contributed by atoms with Crippen molar-refractivity contribution in [1.82, 2.24) is 4.72 Å². The Labute approximate surface area is 137 Å². The van der Waals surface area contributed by atoms with Gasteiger partial charge in [-0.2, -0.15) is 0 Å². The number of benzene rings is 1. The number of halogens is 2. The Morgan fingerprint density at radius 1 is 1.24 bits per heavy atom. The Kier molecular flexibility index (Phi) is 7.44. The third-order valence-corrected chi connectivity index (χ3v) is 5.55. The molecule has 0 fully saturated rings. The van der Waals surface area contributed by atoms with Crippen molar-refractivity contribution in [1.29, 1.82) is 0 Å². The van der Waals surface area contributed by atoms with Crippen molar-refractivity contribution >= 4 is 33.2 Å². The molecule has 3 N–H and O–H groups in total. The van der Waals surface area contributed by atoms with E-state index in [1.165, 1.54) is 12.1 Å². The van der Waals surface area contributed by atoms with Gasteiger partial charge in [-0.05, 0) is 24.5 Å². The molecule has 1 rings (SSSR count). The summed E-state index contributed by atoms with van der Waals surface area (Å²) in [6.07, 6.45) is 2.87. The lowest BCUT2D eigenvalue weighted by molar-refractivity contribution is 0.530. The average molecular weight is 353 g/mol. The minimum absolute atomic E-state index is 0.0258. The Morgan fingerprint density at radius 2 is 1.90 bits per heavy atom. The van der Waals surface area contributed by atoms with Gasteiger partial charge in [-0.15, -0.1) is 0 Å². The van der Waals surface area contributed by atoms with E-state index in [0.29, 0.717) is 23.0 Å². The Balaban J connectivity index is 2.75. The van der Waals surface area contributed by atoms with E-state index < -0.39 is 10.0 Å². The van der Waals surface area contributed by atoms with Gasteiger partial charge in [-0.1, -0.05) is 49.9 Å². The summed E-state index contributed by atoms with van der Waals surface area (Å²) in [5.41, 5.74) is 5.99. The van der Waals surface area contributed by atoms with Crippen LogP contribution in [0.5, 0.6) is 0 Å². The second-order valence-electron chi connectivity index (χ2n) is 5.33. The number of unbranched alkanes of at least 4 members (excludes halogenated alkanes) is 1. The second kappa shape index (κ2) is 8.34. The van der Waals surface area contributed by atoms with Crippen LogP contribution in [0.15, 0.2) is 17.0 Å². The molecule has 120 valence electrons. The minimum atomic E-state index is -3.64. The summed E-state index contributed by atoms with van der Waals surface area (Å²) in [7, 11) is -3.64. The van der Waals surface area contributed by atoms with E-state index in [1.807, 2.05) is 0 Å². The van der Waals surface area contributed by atoms with Crippen LogP contribution in [0.3, 0.4) is 0 Å². The van der Waals surface area contributed by atoms with Crippen molar-refractivity contribution in [3.8, 4) is 0 Å². The lowest BCUT2D eigenvalue weighted by Gasteiger charge is -2.12. The van der Waals surface area contributed by atoms with E-state index in [-0.39, 0.29) is 16.5 Å². The highest BCUT2D eigenvalue weighted by Crippen LogP contribution is 2.30. The second-order valence-corrected chi connectivity index (χ2v) is 7.85. The molecule has 0 aliphatic heterocycles. The molecule has 0 saturated heterocycles. The number of nitrogens with one attached hydrogen (secondary N) is 1. The molecule has 0 aliphatic rings. The Hall–Kier alpha value is -0.330. The molecular formula is C14H22Cl2N2O2S. The highest BCUT2D eigenvalue weighted by atomic mass is 35.5. The fourth-order valence-electron chi connectivity index (χ4n) is 1.93. The Morgan fingerprint density at radius 3 is 2.48 bits per heavy atom. The molecule has 0 aromatic heterocycles. The van der Waals surface area contributed by atoms with Gasteiger partial charge in [-0.3, -0.25) is 0 Å². The van der Waals surface area contributed by atoms with Crippen LogP contribution >= 0.6 is 23.2 Å². The largest absolute Gasteiger partial charge is 0.326 e. The summed E-state index contributed by atoms with van der Waals surface area (Å²) in [5, 5.41) is 0.470. The maximum Gasteiger partial charge on any atom is 0.242 e. The number of hydrogen-bond acceptors (Lipinski definition) is 3. The number of sulfonamides is 1. The summed E-state index contributed by atoms with van der Waals surface area (Å²) in [4.78, 5) is 0.0258. The van der Waals surface area contributed by atoms with Crippen molar-refractivity contribution in [3.05, 3.63) is 27.7 Å². The van der Waals surface area contributed by atoms with E-state index in [4.69, 9.17) is 28.9 Å². The summed E-state index contributed by atoms with van der Waals surface area (Å²) in [6.45, 7) is 4.78. The SMILES string of the molecule is CC(C)CCCCNS(=O)(=O)c1ccc(Cl)c(CN)c1Cl. The van der Waals surface area contributed by atoms with E-state index >= 15 is 0 Å². The zero-order valence-electron chi connectivity index (χ0n) is 12.3. The molecule has 0 amide bonds. The number of rotatable bonds is 8. The van der Waals surface area contributed by atoms with Crippen LogP contribution in [0.1, 0.15) is 38.7 Å². The standard InChI is InChI=1S/C14H22Cl2N2O2S/c1-10(2)5-3-4-8-18-21(19,20)13-7-6-12(15)11(9-17)14(13)16/h6-7,10,18H,3-5,8-9,17H2,1-2H3. The van der Waals surface area contributed by atoms with Crippen LogP contribution in [0.25, 0.3) is 0 Å².